The van der Waals surface area contributed by atoms with Crippen LogP contribution in [0.3, 0.4) is 0 Å². The molecule has 1 saturated heterocycles. The van der Waals surface area contributed by atoms with E-state index in [4.69, 9.17) is 4.74 Å². The minimum atomic E-state index is 0.376. The Morgan fingerprint density at radius 2 is 1.78 bits per heavy atom. The van der Waals surface area contributed by atoms with Crippen molar-refractivity contribution < 1.29 is 4.74 Å². The summed E-state index contributed by atoms with van der Waals surface area (Å²) in [6.07, 6.45) is 1.98. The molecule has 1 heterocycles. The molecular weight excluding hydrogens is 222 g/mol. The zero-order valence-corrected chi connectivity index (χ0v) is 11.8. The lowest BCUT2D eigenvalue weighted by Crippen LogP contribution is -2.45. The molecule has 18 heavy (non-hydrogen) atoms. The summed E-state index contributed by atoms with van der Waals surface area (Å²) in [5.74, 6) is 0.639. The molecule has 100 valence electrons. The maximum absolute atomic E-state index is 5.77. The van der Waals surface area contributed by atoms with Crippen LogP contribution in [0.25, 0.3) is 0 Å². The summed E-state index contributed by atoms with van der Waals surface area (Å²) in [6, 6.07) is 10.8. The molecule has 2 nitrogen and oxygen atoms in total. The molecule has 1 aromatic carbocycles. The molecule has 3 atom stereocenters. The van der Waals surface area contributed by atoms with Gasteiger partial charge in [0.1, 0.15) is 0 Å². The van der Waals surface area contributed by atoms with Gasteiger partial charge in [0.15, 0.2) is 0 Å². The molecular formula is C16H25NO. The minimum Gasteiger partial charge on any atom is -0.373 e. The second-order valence-electron chi connectivity index (χ2n) is 5.62. The lowest BCUT2D eigenvalue weighted by molar-refractivity contribution is -0.0683. The van der Waals surface area contributed by atoms with E-state index in [2.05, 4.69) is 56.0 Å². The third-order valence-corrected chi connectivity index (χ3v) is 3.74. The van der Waals surface area contributed by atoms with Gasteiger partial charge in [-0.2, -0.15) is 0 Å². The van der Waals surface area contributed by atoms with Gasteiger partial charge in [0.25, 0.3) is 0 Å². The molecule has 2 heteroatoms. The Bertz CT molecular complexity index is 341. The molecule has 0 N–H and O–H groups in total. The van der Waals surface area contributed by atoms with Crippen LogP contribution in [0.4, 0.5) is 0 Å². The van der Waals surface area contributed by atoms with Crippen LogP contribution in [-0.4, -0.2) is 36.7 Å². The van der Waals surface area contributed by atoms with Crippen molar-refractivity contribution in [2.75, 3.05) is 19.6 Å². The maximum Gasteiger partial charge on any atom is 0.0678 e. The Labute approximate surface area is 111 Å². The Kier molecular flexibility index (Phi) is 4.79. The highest BCUT2D eigenvalue weighted by atomic mass is 16.5. The van der Waals surface area contributed by atoms with Crippen molar-refractivity contribution in [3.8, 4) is 0 Å². The Hall–Kier alpha value is -0.860. The zero-order valence-electron chi connectivity index (χ0n) is 11.8. The first-order valence-corrected chi connectivity index (χ1v) is 7.08. The molecule has 0 radical (unpaired) electrons. The predicted octanol–water partition coefficient (Wildman–Crippen LogP) is 3.29. The summed E-state index contributed by atoms with van der Waals surface area (Å²) in [4.78, 5) is 2.54. The number of benzene rings is 1. The number of morpholine rings is 1. The average Bonchev–Trinajstić information content (AvgIpc) is 2.36. The molecule has 1 aliphatic heterocycles. The van der Waals surface area contributed by atoms with Gasteiger partial charge >= 0.3 is 0 Å². The first kappa shape index (κ1) is 13.6. The monoisotopic (exact) mass is 247 g/mol. The number of hydrogen-bond acceptors (Lipinski definition) is 2. The molecule has 1 aromatic rings. The quantitative estimate of drug-likeness (QED) is 0.809. The van der Waals surface area contributed by atoms with Crippen molar-refractivity contribution in [3.05, 3.63) is 35.9 Å². The number of nitrogens with zero attached hydrogens (tertiary/aromatic N) is 1. The van der Waals surface area contributed by atoms with Gasteiger partial charge in [-0.3, -0.25) is 4.90 Å². The van der Waals surface area contributed by atoms with Crippen LogP contribution in [0, 0.1) is 0 Å². The first-order chi connectivity index (χ1) is 8.65. The summed E-state index contributed by atoms with van der Waals surface area (Å²) >= 11 is 0. The highest BCUT2D eigenvalue weighted by Gasteiger charge is 2.22. The molecule has 0 bridgehead atoms. The second-order valence-corrected chi connectivity index (χ2v) is 5.62. The molecule has 1 aliphatic rings. The van der Waals surface area contributed by atoms with Crippen molar-refractivity contribution in [2.24, 2.45) is 0 Å². The van der Waals surface area contributed by atoms with E-state index in [1.54, 1.807) is 0 Å². The predicted molar refractivity (Wildman–Crippen MR) is 75.9 cm³/mol. The van der Waals surface area contributed by atoms with E-state index in [1.807, 2.05) is 0 Å². The molecule has 0 spiro atoms. The zero-order chi connectivity index (χ0) is 13.0. The van der Waals surface area contributed by atoms with Crippen molar-refractivity contribution in [1.82, 2.24) is 4.90 Å². The van der Waals surface area contributed by atoms with Crippen molar-refractivity contribution in [2.45, 2.75) is 45.3 Å². The van der Waals surface area contributed by atoms with Gasteiger partial charge in [-0.15, -0.1) is 0 Å². The van der Waals surface area contributed by atoms with Gasteiger partial charge in [0.05, 0.1) is 12.2 Å². The first-order valence-electron chi connectivity index (χ1n) is 7.08. The van der Waals surface area contributed by atoms with E-state index >= 15 is 0 Å². The van der Waals surface area contributed by atoms with E-state index in [0.29, 0.717) is 18.1 Å². The van der Waals surface area contributed by atoms with Crippen LogP contribution >= 0.6 is 0 Å². The number of ether oxygens (including phenoxy) is 1. The fourth-order valence-corrected chi connectivity index (χ4v) is 2.79. The maximum atomic E-state index is 5.77. The van der Waals surface area contributed by atoms with Crippen LogP contribution in [-0.2, 0) is 4.74 Å². The van der Waals surface area contributed by atoms with Gasteiger partial charge < -0.3 is 4.74 Å². The Balaban J connectivity index is 1.81. The van der Waals surface area contributed by atoms with Crippen LogP contribution in [0.5, 0.6) is 0 Å². The largest absolute Gasteiger partial charge is 0.373 e. The van der Waals surface area contributed by atoms with E-state index < -0.39 is 0 Å². The Morgan fingerprint density at radius 3 is 2.39 bits per heavy atom. The van der Waals surface area contributed by atoms with E-state index in [9.17, 15) is 0 Å². The summed E-state index contributed by atoms with van der Waals surface area (Å²) in [7, 11) is 0. The topological polar surface area (TPSA) is 12.5 Å². The summed E-state index contributed by atoms with van der Waals surface area (Å²) < 4.78 is 5.77. The normalized spacial score (nSPS) is 27.1. The smallest absolute Gasteiger partial charge is 0.0678 e. The molecule has 0 aliphatic carbocycles. The third-order valence-electron chi connectivity index (χ3n) is 3.74. The van der Waals surface area contributed by atoms with Crippen molar-refractivity contribution >= 4 is 0 Å². The fourth-order valence-electron chi connectivity index (χ4n) is 2.79. The fraction of sp³-hybridized carbons (Fsp3) is 0.625. The molecule has 1 unspecified atom stereocenters. The van der Waals surface area contributed by atoms with Gasteiger partial charge in [0, 0.05) is 13.1 Å². The van der Waals surface area contributed by atoms with E-state index in [0.717, 1.165) is 13.1 Å². The van der Waals surface area contributed by atoms with Gasteiger partial charge in [-0.25, -0.2) is 0 Å². The number of hydrogen-bond donors (Lipinski definition) is 0. The molecule has 0 saturated carbocycles. The Morgan fingerprint density at radius 1 is 1.17 bits per heavy atom. The SMILES string of the molecule is CC(CCN1C[C@@H](C)O[C@@H](C)C1)c1ccccc1. The molecule has 0 amide bonds. The molecule has 0 aromatic heterocycles. The summed E-state index contributed by atoms with van der Waals surface area (Å²) in [5, 5.41) is 0. The standard InChI is InChI=1S/C16H25NO/c1-13(16-7-5-4-6-8-16)9-10-17-11-14(2)18-15(3)12-17/h4-8,13-15H,9-12H2,1-3H3/t13?,14-,15+. The van der Waals surface area contributed by atoms with Crippen molar-refractivity contribution in [1.29, 1.82) is 0 Å². The number of rotatable bonds is 4. The van der Waals surface area contributed by atoms with Gasteiger partial charge in [-0.05, 0) is 38.3 Å². The highest BCUT2D eigenvalue weighted by Crippen LogP contribution is 2.20. The third kappa shape index (κ3) is 3.82. The van der Waals surface area contributed by atoms with Gasteiger partial charge in [0.2, 0.25) is 0 Å². The van der Waals surface area contributed by atoms with Crippen LogP contribution < -0.4 is 0 Å². The summed E-state index contributed by atoms with van der Waals surface area (Å²) in [5.41, 5.74) is 1.45. The van der Waals surface area contributed by atoms with Crippen LogP contribution in [0.2, 0.25) is 0 Å². The lowest BCUT2D eigenvalue weighted by Gasteiger charge is -2.35. The lowest BCUT2D eigenvalue weighted by atomic mass is 9.97. The average molecular weight is 247 g/mol. The second kappa shape index (κ2) is 6.35. The summed E-state index contributed by atoms with van der Waals surface area (Å²) in [6.45, 7) is 9.99. The minimum absolute atomic E-state index is 0.376. The molecule has 2 rings (SSSR count). The van der Waals surface area contributed by atoms with Crippen LogP contribution in [0.1, 0.15) is 38.7 Å². The van der Waals surface area contributed by atoms with E-state index in [1.165, 1.54) is 18.5 Å². The van der Waals surface area contributed by atoms with Crippen LogP contribution in [0.15, 0.2) is 30.3 Å². The van der Waals surface area contributed by atoms with Gasteiger partial charge in [-0.1, -0.05) is 37.3 Å². The molecule has 1 fully saturated rings. The highest BCUT2D eigenvalue weighted by molar-refractivity contribution is 5.18. The van der Waals surface area contributed by atoms with Crippen molar-refractivity contribution in [3.63, 3.8) is 0 Å². The van der Waals surface area contributed by atoms with E-state index in [-0.39, 0.29) is 0 Å².